The Labute approximate surface area is 207 Å². The van der Waals surface area contributed by atoms with Gasteiger partial charge in [0.2, 0.25) is 0 Å². The zero-order valence-electron chi connectivity index (χ0n) is 19.3. The van der Waals surface area contributed by atoms with Crippen LogP contribution in [0.2, 0.25) is 0 Å². The van der Waals surface area contributed by atoms with Crippen molar-refractivity contribution in [2.24, 2.45) is 0 Å². The highest BCUT2D eigenvalue weighted by Gasteiger charge is 2.26. The fourth-order valence-electron chi connectivity index (χ4n) is 4.08. The van der Waals surface area contributed by atoms with E-state index in [9.17, 15) is 4.79 Å². The molecule has 1 amide bonds. The molecule has 2 aromatic heterocycles. The Morgan fingerprint density at radius 2 is 1.97 bits per heavy atom. The minimum Gasteiger partial charge on any atom is -0.379 e. The van der Waals surface area contributed by atoms with Gasteiger partial charge in [-0.05, 0) is 43.5 Å². The number of benzene rings is 2. The maximum Gasteiger partial charge on any atom is 0.263 e. The van der Waals surface area contributed by atoms with Gasteiger partial charge in [0.1, 0.15) is 0 Å². The summed E-state index contributed by atoms with van der Waals surface area (Å²) < 4.78 is 8.39. The van der Waals surface area contributed by atoms with E-state index in [-0.39, 0.29) is 5.91 Å². The highest BCUT2D eigenvalue weighted by Crippen LogP contribution is 2.32. The van der Waals surface area contributed by atoms with Gasteiger partial charge in [-0.1, -0.05) is 29.5 Å². The smallest absolute Gasteiger partial charge is 0.263 e. The summed E-state index contributed by atoms with van der Waals surface area (Å²) in [6.45, 7) is 6.49. The lowest BCUT2D eigenvalue weighted by Crippen LogP contribution is -2.43. The van der Waals surface area contributed by atoms with Gasteiger partial charge in [0.25, 0.3) is 5.91 Å². The van der Waals surface area contributed by atoms with Crippen molar-refractivity contribution in [3.63, 3.8) is 0 Å². The standard InChI is InChI=1S/C25H27N5O2S2/c1-18-21(17-26-30(18)19-6-4-3-5-7-19)24(31)29(11-10-28-12-14-32-15-13-28)25-27-22-9-8-20(33-2)16-23(22)34-25/h3-9,16-17H,10-15H2,1-2H3. The van der Waals surface area contributed by atoms with Gasteiger partial charge in [-0.2, -0.15) is 5.10 Å². The Hall–Kier alpha value is -2.72. The van der Waals surface area contributed by atoms with Crippen LogP contribution < -0.4 is 4.90 Å². The molecule has 1 fully saturated rings. The molecule has 0 spiro atoms. The SMILES string of the molecule is CSc1ccc2nc(N(CCN3CCOCC3)C(=O)c3cnn(-c4ccccc4)c3C)sc2c1. The molecule has 0 atom stereocenters. The Morgan fingerprint density at radius 1 is 1.18 bits per heavy atom. The number of fused-ring (bicyclic) bond motifs is 1. The molecule has 34 heavy (non-hydrogen) atoms. The van der Waals surface area contributed by atoms with Crippen LogP contribution in [0.3, 0.4) is 0 Å². The Kier molecular flexibility index (Phi) is 6.96. The summed E-state index contributed by atoms with van der Waals surface area (Å²) in [5, 5.41) is 5.24. The van der Waals surface area contributed by atoms with Crippen molar-refractivity contribution in [3.05, 3.63) is 66.0 Å². The summed E-state index contributed by atoms with van der Waals surface area (Å²) >= 11 is 3.27. The number of carbonyl (C=O) groups is 1. The molecular formula is C25H27N5O2S2. The lowest BCUT2D eigenvalue weighted by Gasteiger charge is -2.29. The normalized spacial score (nSPS) is 14.5. The Balaban J connectivity index is 1.48. The number of nitrogens with zero attached hydrogens (tertiary/aromatic N) is 5. The molecule has 0 aliphatic carbocycles. The van der Waals surface area contributed by atoms with Crippen molar-refractivity contribution in [2.75, 3.05) is 50.5 Å². The molecule has 7 nitrogen and oxygen atoms in total. The predicted octanol–water partition coefficient (Wildman–Crippen LogP) is 4.49. The summed E-state index contributed by atoms with van der Waals surface area (Å²) in [4.78, 5) is 24.1. The monoisotopic (exact) mass is 493 g/mol. The largest absolute Gasteiger partial charge is 0.379 e. The fourth-order valence-corrected chi connectivity index (χ4v) is 5.62. The highest BCUT2D eigenvalue weighted by atomic mass is 32.2. The second kappa shape index (κ2) is 10.3. The van der Waals surface area contributed by atoms with Crippen LogP contribution in [0.1, 0.15) is 16.1 Å². The van der Waals surface area contributed by atoms with Gasteiger partial charge in [-0.25, -0.2) is 9.67 Å². The lowest BCUT2D eigenvalue weighted by molar-refractivity contribution is 0.0391. The first-order valence-electron chi connectivity index (χ1n) is 11.3. The van der Waals surface area contributed by atoms with E-state index in [1.807, 2.05) is 52.9 Å². The van der Waals surface area contributed by atoms with Crippen molar-refractivity contribution in [1.29, 1.82) is 0 Å². The van der Waals surface area contributed by atoms with Gasteiger partial charge in [-0.15, -0.1) is 11.8 Å². The predicted molar refractivity (Wildman–Crippen MR) is 139 cm³/mol. The van der Waals surface area contributed by atoms with Gasteiger partial charge in [0, 0.05) is 31.1 Å². The molecule has 0 saturated carbocycles. The molecule has 9 heteroatoms. The first kappa shape index (κ1) is 23.0. The third kappa shape index (κ3) is 4.74. The van der Waals surface area contributed by atoms with E-state index in [2.05, 4.69) is 28.4 Å². The molecular weight excluding hydrogens is 466 g/mol. The van der Waals surface area contributed by atoms with E-state index in [1.54, 1.807) is 29.3 Å². The molecule has 2 aromatic carbocycles. The number of hydrogen-bond donors (Lipinski definition) is 0. The molecule has 0 N–H and O–H groups in total. The number of thioether (sulfide) groups is 1. The second-order valence-electron chi connectivity index (χ2n) is 8.13. The van der Waals surface area contributed by atoms with Gasteiger partial charge < -0.3 is 4.74 Å². The van der Waals surface area contributed by atoms with Crippen molar-refractivity contribution in [1.82, 2.24) is 19.7 Å². The summed E-state index contributed by atoms with van der Waals surface area (Å²) in [5.74, 6) is -0.0721. The minimum absolute atomic E-state index is 0.0721. The number of para-hydroxylation sites is 1. The Bertz CT molecular complexity index is 1280. The average molecular weight is 494 g/mol. The zero-order chi connectivity index (χ0) is 23.5. The fraction of sp³-hybridized carbons (Fsp3) is 0.320. The maximum absolute atomic E-state index is 13.9. The van der Waals surface area contributed by atoms with E-state index in [1.165, 1.54) is 4.90 Å². The summed E-state index contributed by atoms with van der Waals surface area (Å²) in [6.07, 6.45) is 3.74. The molecule has 5 rings (SSSR count). The topological polar surface area (TPSA) is 63.5 Å². The van der Waals surface area contributed by atoms with Gasteiger partial charge in [0.05, 0.1) is 46.6 Å². The van der Waals surface area contributed by atoms with Crippen LogP contribution in [-0.2, 0) is 4.74 Å². The highest BCUT2D eigenvalue weighted by molar-refractivity contribution is 7.98. The molecule has 0 radical (unpaired) electrons. The number of carbonyl (C=O) groups excluding carboxylic acids is 1. The van der Waals surface area contributed by atoms with Crippen LogP contribution in [0.25, 0.3) is 15.9 Å². The quantitative estimate of drug-likeness (QED) is 0.354. The van der Waals surface area contributed by atoms with Crippen molar-refractivity contribution in [2.45, 2.75) is 11.8 Å². The molecule has 1 aliphatic rings. The molecule has 4 aromatic rings. The van der Waals surface area contributed by atoms with Gasteiger partial charge in [0.15, 0.2) is 5.13 Å². The van der Waals surface area contributed by atoms with Gasteiger partial charge >= 0.3 is 0 Å². The number of amides is 1. The number of morpholine rings is 1. The first-order chi connectivity index (χ1) is 16.6. The average Bonchev–Trinajstić information content (AvgIpc) is 3.48. The number of anilines is 1. The number of thiazole rings is 1. The number of rotatable bonds is 7. The maximum atomic E-state index is 13.9. The van der Waals surface area contributed by atoms with Crippen LogP contribution in [0, 0.1) is 6.92 Å². The number of aromatic nitrogens is 3. The van der Waals surface area contributed by atoms with Crippen LogP contribution in [0.5, 0.6) is 0 Å². The number of ether oxygens (including phenoxy) is 1. The van der Waals surface area contributed by atoms with E-state index < -0.39 is 0 Å². The third-order valence-corrected chi connectivity index (χ3v) is 7.81. The van der Waals surface area contributed by atoms with Crippen LogP contribution >= 0.6 is 23.1 Å². The molecule has 0 unspecified atom stereocenters. The molecule has 3 heterocycles. The number of hydrogen-bond acceptors (Lipinski definition) is 7. The van der Waals surface area contributed by atoms with E-state index in [4.69, 9.17) is 9.72 Å². The van der Waals surface area contributed by atoms with E-state index in [0.29, 0.717) is 12.1 Å². The van der Waals surface area contributed by atoms with Crippen LogP contribution in [-0.4, -0.2) is 71.2 Å². The lowest BCUT2D eigenvalue weighted by atomic mass is 10.2. The minimum atomic E-state index is -0.0721. The zero-order valence-corrected chi connectivity index (χ0v) is 20.9. The summed E-state index contributed by atoms with van der Waals surface area (Å²) in [7, 11) is 0. The van der Waals surface area contributed by atoms with Crippen molar-refractivity contribution < 1.29 is 9.53 Å². The second-order valence-corrected chi connectivity index (χ2v) is 10.0. The molecule has 1 saturated heterocycles. The van der Waals surface area contributed by atoms with E-state index >= 15 is 0 Å². The first-order valence-corrected chi connectivity index (χ1v) is 13.3. The molecule has 176 valence electrons. The van der Waals surface area contributed by atoms with Gasteiger partial charge in [-0.3, -0.25) is 14.6 Å². The third-order valence-electron chi connectivity index (χ3n) is 6.04. The summed E-state index contributed by atoms with van der Waals surface area (Å²) in [6, 6.07) is 16.1. The molecule has 0 bridgehead atoms. The van der Waals surface area contributed by atoms with E-state index in [0.717, 1.165) is 59.6 Å². The van der Waals surface area contributed by atoms with Crippen LogP contribution in [0.15, 0.2) is 59.6 Å². The van der Waals surface area contributed by atoms with Crippen molar-refractivity contribution >= 4 is 44.4 Å². The van der Waals surface area contributed by atoms with Crippen LogP contribution in [0.4, 0.5) is 5.13 Å². The Morgan fingerprint density at radius 3 is 2.74 bits per heavy atom. The molecule has 1 aliphatic heterocycles. The van der Waals surface area contributed by atoms with Crippen molar-refractivity contribution in [3.8, 4) is 5.69 Å². The summed E-state index contributed by atoms with van der Waals surface area (Å²) in [5.41, 5.74) is 3.26.